The number of likely N-dealkylation sites (tertiary alicyclic amines) is 1. The average molecular weight is 364 g/mol. The van der Waals surface area contributed by atoms with Gasteiger partial charge in [0.05, 0.1) is 18.2 Å². The van der Waals surface area contributed by atoms with E-state index in [0.717, 1.165) is 10.5 Å². The molecule has 0 aromatic heterocycles. The van der Waals surface area contributed by atoms with E-state index < -0.39 is 11.9 Å². The lowest BCUT2D eigenvalue weighted by atomic mass is 9.98. The lowest BCUT2D eigenvalue weighted by Gasteiger charge is -2.32. The summed E-state index contributed by atoms with van der Waals surface area (Å²) < 4.78 is 0. The van der Waals surface area contributed by atoms with E-state index in [9.17, 15) is 14.4 Å². The van der Waals surface area contributed by atoms with Crippen molar-refractivity contribution < 1.29 is 19.5 Å². The minimum Gasteiger partial charge on any atom is -0.481 e. The predicted molar refractivity (Wildman–Crippen MR) is 96.5 cm³/mol. The number of piperidine rings is 1. The van der Waals surface area contributed by atoms with E-state index in [4.69, 9.17) is 5.11 Å². The van der Waals surface area contributed by atoms with Gasteiger partial charge in [-0.1, -0.05) is 18.2 Å². The van der Waals surface area contributed by atoms with Crippen LogP contribution in [0.1, 0.15) is 18.4 Å². The second-order valence-corrected chi connectivity index (χ2v) is 7.34. The molecule has 1 saturated heterocycles. The molecule has 0 bridgehead atoms. The third-order valence-corrected chi connectivity index (χ3v) is 5.53. The number of carbonyl (C=O) groups is 3. The maximum absolute atomic E-state index is 12.3. The van der Waals surface area contributed by atoms with Crippen LogP contribution in [0.25, 0.3) is 0 Å². The van der Waals surface area contributed by atoms with Crippen molar-refractivity contribution in [3.8, 4) is 0 Å². The number of aryl methyl sites for hydroxylation is 1. The Hall–Kier alpha value is -2.02. The number of amides is 2. The van der Waals surface area contributed by atoms with Gasteiger partial charge < -0.3 is 14.9 Å². The average Bonchev–Trinajstić information content (AvgIpc) is 2.60. The molecule has 0 radical (unpaired) electrons. The fourth-order valence-electron chi connectivity index (χ4n) is 2.76. The van der Waals surface area contributed by atoms with Crippen LogP contribution in [0.3, 0.4) is 0 Å². The largest absolute Gasteiger partial charge is 0.481 e. The number of benzene rings is 1. The lowest BCUT2D eigenvalue weighted by Crippen LogP contribution is -2.47. The molecule has 0 spiro atoms. The predicted octanol–water partition coefficient (Wildman–Crippen LogP) is 1.87. The Labute approximate surface area is 152 Å². The van der Waals surface area contributed by atoms with Gasteiger partial charge in [0, 0.05) is 25.0 Å². The van der Waals surface area contributed by atoms with Crippen molar-refractivity contribution >= 4 is 29.5 Å². The van der Waals surface area contributed by atoms with Gasteiger partial charge in [-0.3, -0.25) is 14.4 Å². The van der Waals surface area contributed by atoms with Crippen molar-refractivity contribution in [1.29, 1.82) is 0 Å². The Kier molecular flexibility index (Phi) is 6.87. The molecule has 25 heavy (non-hydrogen) atoms. The molecule has 1 atom stereocenters. The maximum atomic E-state index is 12.3. The summed E-state index contributed by atoms with van der Waals surface area (Å²) >= 11 is 1.46. The number of carboxylic acids is 1. The molecule has 1 unspecified atom stereocenters. The van der Waals surface area contributed by atoms with Gasteiger partial charge in [0.1, 0.15) is 0 Å². The highest BCUT2D eigenvalue weighted by Gasteiger charge is 2.28. The van der Waals surface area contributed by atoms with E-state index in [1.54, 1.807) is 11.9 Å². The van der Waals surface area contributed by atoms with Gasteiger partial charge in [-0.2, -0.15) is 0 Å². The van der Waals surface area contributed by atoms with E-state index in [0.29, 0.717) is 19.4 Å². The summed E-state index contributed by atoms with van der Waals surface area (Å²) in [4.78, 5) is 39.7. The molecule has 1 N–H and O–H groups in total. The summed E-state index contributed by atoms with van der Waals surface area (Å²) in [6.45, 7) is 2.77. The molecule has 1 aliphatic heterocycles. The third-order valence-electron chi connectivity index (χ3n) is 4.37. The fraction of sp³-hybridized carbons (Fsp3) is 0.500. The standard InChI is InChI=1S/C18H24N2O4S/c1-13-6-3-4-8-15(13)25-12-17(22)19(2)11-16(21)20-9-5-7-14(10-20)18(23)24/h3-4,6,8,14H,5,7,9-12H2,1-2H3,(H,23,24). The van der Waals surface area contributed by atoms with Crippen LogP contribution in [0.15, 0.2) is 29.2 Å². The van der Waals surface area contributed by atoms with E-state index in [1.165, 1.54) is 16.7 Å². The van der Waals surface area contributed by atoms with Gasteiger partial charge in [0.2, 0.25) is 11.8 Å². The Morgan fingerprint density at radius 2 is 2.04 bits per heavy atom. The van der Waals surface area contributed by atoms with Crippen LogP contribution >= 0.6 is 11.8 Å². The van der Waals surface area contributed by atoms with E-state index >= 15 is 0 Å². The maximum Gasteiger partial charge on any atom is 0.308 e. The minimum absolute atomic E-state index is 0.0144. The molecule has 7 heteroatoms. The molecule has 0 saturated carbocycles. The van der Waals surface area contributed by atoms with Crippen molar-refractivity contribution in [1.82, 2.24) is 9.80 Å². The van der Waals surface area contributed by atoms with Crippen LogP contribution in [-0.2, 0) is 14.4 Å². The molecule has 1 fully saturated rings. The number of hydrogen-bond acceptors (Lipinski definition) is 4. The molecule has 1 aromatic rings. The molecule has 6 nitrogen and oxygen atoms in total. The van der Waals surface area contributed by atoms with Crippen molar-refractivity contribution in [3.63, 3.8) is 0 Å². The highest BCUT2D eigenvalue weighted by molar-refractivity contribution is 8.00. The first-order valence-corrected chi connectivity index (χ1v) is 9.30. The third kappa shape index (κ3) is 5.49. The molecular formula is C18H24N2O4S. The lowest BCUT2D eigenvalue weighted by molar-refractivity contribution is -0.147. The van der Waals surface area contributed by atoms with Gasteiger partial charge in [-0.25, -0.2) is 0 Å². The van der Waals surface area contributed by atoms with Gasteiger partial charge >= 0.3 is 5.97 Å². The van der Waals surface area contributed by atoms with Crippen molar-refractivity contribution in [2.45, 2.75) is 24.7 Å². The van der Waals surface area contributed by atoms with Crippen LogP contribution in [0.2, 0.25) is 0 Å². The zero-order chi connectivity index (χ0) is 18.4. The summed E-state index contributed by atoms with van der Waals surface area (Å²) in [7, 11) is 1.61. The van der Waals surface area contributed by atoms with Crippen LogP contribution in [0.5, 0.6) is 0 Å². The second-order valence-electron chi connectivity index (χ2n) is 6.32. The summed E-state index contributed by atoms with van der Waals surface area (Å²) in [5.74, 6) is -1.41. The number of nitrogens with zero attached hydrogens (tertiary/aromatic N) is 2. The Morgan fingerprint density at radius 1 is 1.32 bits per heavy atom. The molecule has 0 aliphatic carbocycles. The quantitative estimate of drug-likeness (QED) is 0.780. The zero-order valence-electron chi connectivity index (χ0n) is 14.6. The number of rotatable bonds is 6. The topological polar surface area (TPSA) is 77.9 Å². The number of likely N-dealkylation sites (N-methyl/N-ethyl adjacent to an activating group) is 1. The van der Waals surface area contributed by atoms with Gasteiger partial charge in [0.15, 0.2) is 0 Å². The Balaban J connectivity index is 1.82. The van der Waals surface area contributed by atoms with E-state index in [2.05, 4.69) is 0 Å². The van der Waals surface area contributed by atoms with Gasteiger partial charge in [-0.05, 0) is 31.4 Å². The van der Waals surface area contributed by atoms with E-state index in [-0.39, 0.29) is 30.7 Å². The van der Waals surface area contributed by atoms with Crippen molar-refractivity contribution in [2.24, 2.45) is 5.92 Å². The van der Waals surface area contributed by atoms with Gasteiger partial charge in [0.25, 0.3) is 0 Å². The summed E-state index contributed by atoms with van der Waals surface area (Å²) in [5.41, 5.74) is 1.12. The number of thioether (sulfide) groups is 1. The smallest absolute Gasteiger partial charge is 0.308 e. The minimum atomic E-state index is -0.864. The monoisotopic (exact) mass is 364 g/mol. The zero-order valence-corrected chi connectivity index (χ0v) is 15.4. The van der Waals surface area contributed by atoms with Crippen molar-refractivity contribution in [3.05, 3.63) is 29.8 Å². The molecule has 2 rings (SSSR count). The molecular weight excluding hydrogens is 340 g/mol. The first-order valence-electron chi connectivity index (χ1n) is 8.31. The number of carbonyl (C=O) groups excluding carboxylic acids is 2. The number of aliphatic carboxylic acids is 1. The molecule has 1 aliphatic rings. The van der Waals surface area contributed by atoms with Crippen molar-refractivity contribution in [2.75, 3.05) is 32.4 Å². The first-order chi connectivity index (χ1) is 11.9. The summed E-state index contributed by atoms with van der Waals surface area (Å²) in [6.07, 6.45) is 1.28. The molecule has 1 heterocycles. The number of carboxylic acid groups (broad SMARTS) is 1. The highest BCUT2D eigenvalue weighted by atomic mass is 32.2. The SMILES string of the molecule is Cc1ccccc1SCC(=O)N(C)CC(=O)N1CCCC(C(=O)O)C1. The van der Waals surface area contributed by atoms with Crippen LogP contribution in [0.4, 0.5) is 0 Å². The van der Waals surface area contributed by atoms with Crippen LogP contribution < -0.4 is 0 Å². The first kappa shape index (κ1) is 19.3. The fourth-order valence-corrected chi connectivity index (χ4v) is 3.73. The van der Waals surface area contributed by atoms with Crippen LogP contribution in [0, 0.1) is 12.8 Å². The van der Waals surface area contributed by atoms with E-state index in [1.807, 2.05) is 31.2 Å². The van der Waals surface area contributed by atoms with Gasteiger partial charge in [-0.15, -0.1) is 11.8 Å². The number of hydrogen-bond donors (Lipinski definition) is 1. The Morgan fingerprint density at radius 3 is 2.72 bits per heavy atom. The normalized spacial score (nSPS) is 17.2. The molecule has 1 aromatic carbocycles. The molecule has 2 amide bonds. The second kappa shape index (κ2) is 8.89. The summed E-state index contributed by atoms with van der Waals surface area (Å²) in [6, 6.07) is 7.85. The highest BCUT2D eigenvalue weighted by Crippen LogP contribution is 2.22. The van der Waals surface area contributed by atoms with Crippen LogP contribution in [-0.4, -0.2) is 65.1 Å². The summed E-state index contributed by atoms with van der Waals surface area (Å²) in [5, 5.41) is 9.10. The Bertz CT molecular complexity index is 650. The molecule has 136 valence electrons.